The highest BCUT2D eigenvalue weighted by molar-refractivity contribution is 6.34. The first kappa shape index (κ1) is 29.5. The van der Waals surface area contributed by atoms with Crippen molar-refractivity contribution in [2.75, 3.05) is 51.3 Å². The topological polar surface area (TPSA) is 121 Å². The van der Waals surface area contributed by atoms with Crippen LogP contribution in [0.25, 0.3) is 0 Å². The molecule has 10 heteroatoms. The minimum Gasteiger partial charge on any atom is -0.378 e. The molecule has 1 saturated heterocycles. The number of nitrogens with zero attached hydrogens (tertiary/aromatic N) is 2. The summed E-state index contributed by atoms with van der Waals surface area (Å²) in [6, 6.07) is 5.34. The molecule has 9 nitrogen and oxygen atoms in total. The van der Waals surface area contributed by atoms with Gasteiger partial charge in [-0.15, -0.1) is 0 Å². The van der Waals surface area contributed by atoms with E-state index in [2.05, 4.69) is 39.9 Å². The molecule has 1 fully saturated rings. The molecule has 0 aromatic heterocycles. The highest BCUT2D eigenvalue weighted by Gasteiger charge is 2.15. The lowest BCUT2D eigenvalue weighted by atomic mass is 10.1. The Kier molecular flexibility index (Phi) is 17.8. The fourth-order valence-electron chi connectivity index (χ4n) is 2.10. The summed E-state index contributed by atoms with van der Waals surface area (Å²) in [6.45, 7) is 10.5. The summed E-state index contributed by atoms with van der Waals surface area (Å²) in [5.74, 6) is -0.331. The molecule has 0 unspecified atom stereocenters. The van der Waals surface area contributed by atoms with Gasteiger partial charge in [-0.3, -0.25) is 15.0 Å². The summed E-state index contributed by atoms with van der Waals surface area (Å²) in [6.07, 6.45) is 4.51. The summed E-state index contributed by atoms with van der Waals surface area (Å²) < 4.78 is 5.32. The van der Waals surface area contributed by atoms with E-state index in [9.17, 15) is 9.59 Å². The van der Waals surface area contributed by atoms with Crippen LogP contribution in [0.2, 0.25) is 5.02 Å². The third-order valence-electron chi connectivity index (χ3n) is 4.00. The van der Waals surface area contributed by atoms with Crippen LogP contribution in [-0.4, -0.2) is 64.3 Å². The Balaban J connectivity index is 0.00000104. The molecule has 1 aromatic carbocycles. The molecule has 1 aliphatic heterocycles. The molecule has 0 atom stereocenters. The largest absolute Gasteiger partial charge is 0.378 e. The van der Waals surface area contributed by atoms with Gasteiger partial charge in [0.15, 0.2) is 6.29 Å². The predicted molar refractivity (Wildman–Crippen MR) is 132 cm³/mol. The second kappa shape index (κ2) is 19.2. The number of hydrogen-bond acceptors (Lipinski definition) is 8. The standard InChI is InChI=1S/C16H19ClN4O3.2C3H9N/c1-12(11-22)20-19-5-4-18-16(23)14-3-2-13(10-15(14)17)21-6-8-24-9-7-21;1-3-4-2;1-2-3-4/h2-5,10-11,19H,6-9H2,1H3,(H,18,23);4H,3H2,1-2H3;2-4H2,1H3/b5-4+,20-12+;;. The lowest BCUT2D eigenvalue weighted by Crippen LogP contribution is -2.36. The first-order valence-corrected chi connectivity index (χ1v) is 11.0. The van der Waals surface area contributed by atoms with Crippen LogP contribution in [0.4, 0.5) is 5.69 Å². The van der Waals surface area contributed by atoms with Crippen molar-refractivity contribution in [1.29, 1.82) is 0 Å². The van der Waals surface area contributed by atoms with E-state index in [1.807, 2.05) is 13.1 Å². The minimum atomic E-state index is -0.331. The molecular formula is C22H37ClN6O3. The molecule has 0 saturated carbocycles. The number of amides is 1. The van der Waals surface area contributed by atoms with Gasteiger partial charge in [0.25, 0.3) is 5.91 Å². The second-order valence-electron chi connectivity index (χ2n) is 6.57. The van der Waals surface area contributed by atoms with Crippen LogP contribution in [0.15, 0.2) is 35.7 Å². The smallest absolute Gasteiger partial charge is 0.256 e. The normalized spacial score (nSPS) is 13.4. The van der Waals surface area contributed by atoms with Crippen molar-refractivity contribution in [2.24, 2.45) is 10.8 Å². The second-order valence-corrected chi connectivity index (χ2v) is 6.97. The van der Waals surface area contributed by atoms with E-state index < -0.39 is 0 Å². The van der Waals surface area contributed by atoms with E-state index in [1.165, 1.54) is 12.4 Å². The molecule has 32 heavy (non-hydrogen) atoms. The van der Waals surface area contributed by atoms with Crippen LogP contribution in [-0.2, 0) is 9.53 Å². The zero-order valence-corrected chi connectivity index (χ0v) is 20.2. The Morgan fingerprint density at radius 1 is 1.28 bits per heavy atom. The van der Waals surface area contributed by atoms with E-state index in [0.717, 1.165) is 38.3 Å². The highest BCUT2D eigenvalue weighted by atomic mass is 35.5. The quantitative estimate of drug-likeness (QED) is 0.262. The van der Waals surface area contributed by atoms with Crippen LogP contribution < -0.4 is 26.7 Å². The van der Waals surface area contributed by atoms with Gasteiger partial charge in [0.1, 0.15) is 0 Å². The fourth-order valence-corrected chi connectivity index (χ4v) is 2.36. The number of hydrogen-bond donors (Lipinski definition) is 4. The molecule has 180 valence electrons. The van der Waals surface area contributed by atoms with Crippen molar-refractivity contribution in [2.45, 2.75) is 27.2 Å². The maximum atomic E-state index is 12.1. The number of morpholine rings is 1. The van der Waals surface area contributed by atoms with E-state index in [4.69, 9.17) is 22.1 Å². The Labute approximate surface area is 196 Å². The summed E-state index contributed by atoms with van der Waals surface area (Å²) >= 11 is 6.22. The van der Waals surface area contributed by atoms with Crippen LogP contribution in [0.1, 0.15) is 37.6 Å². The number of hydrazone groups is 1. The summed E-state index contributed by atoms with van der Waals surface area (Å²) in [4.78, 5) is 24.6. The average Bonchev–Trinajstić information content (AvgIpc) is 2.84. The predicted octanol–water partition coefficient (Wildman–Crippen LogP) is 2.12. The minimum absolute atomic E-state index is 0.299. The van der Waals surface area contributed by atoms with Gasteiger partial charge < -0.3 is 26.0 Å². The van der Waals surface area contributed by atoms with Gasteiger partial charge in [-0.2, -0.15) is 5.10 Å². The van der Waals surface area contributed by atoms with Gasteiger partial charge in [-0.05, 0) is 51.7 Å². The fraction of sp³-hybridized carbons (Fsp3) is 0.500. The lowest BCUT2D eigenvalue weighted by molar-refractivity contribution is -0.102. The van der Waals surface area contributed by atoms with Gasteiger partial charge in [-0.1, -0.05) is 25.4 Å². The lowest BCUT2D eigenvalue weighted by Gasteiger charge is -2.29. The van der Waals surface area contributed by atoms with Crippen LogP contribution in [0.3, 0.4) is 0 Å². The molecule has 2 rings (SSSR count). The monoisotopic (exact) mass is 468 g/mol. The molecule has 5 N–H and O–H groups in total. The molecule has 1 amide bonds. The van der Waals surface area contributed by atoms with E-state index in [1.54, 1.807) is 19.1 Å². The Morgan fingerprint density at radius 2 is 1.91 bits per heavy atom. The van der Waals surface area contributed by atoms with Gasteiger partial charge in [0.2, 0.25) is 0 Å². The summed E-state index contributed by atoms with van der Waals surface area (Å²) in [5.41, 5.74) is 9.19. The Hall–Kier alpha value is -2.46. The SMILES string of the molecule is C/C(C=O)=N\N/C=C/NC(=O)c1ccc(N2CCOCC2)cc1Cl.CCCN.CCNC. The van der Waals surface area contributed by atoms with Crippen molar-refractivity contribution in [3.63, 3.8) is 0 Å². The van der Waals surface area contributed by atoms with Crippen LogP contribution in [0.5, 0.6) is 0 Å². The van der Waals surface area contributed by atoms with Crippen molar-refractivity contribution in [3.05, 3.63) is 41.2 Å². The molecule has 1 aromatic rings. The van der Waals surface area contributed by atoms with E-state index >= 15 is 0 Å². The van der Waals surface area contributed by atoms with Crippen molar-refractivity contribution in [1.82, 2.24) is 16.1 Å². The van der Waals surface area contributed by atoms with Crippen molar-refractivity contribution in [3.8, 4) is 0 Å². The van der Waals surface area contributed by atoms with Crippen molar-refractivity contribution >= 4 is 35.2 Å². The third kappa shape index (κ3) is 13.1. The zero-order chi connectivity index (χ0) is 24.2. The van der Waals surface area contributed by atoms with E-state index in [0.29, 0.717) is 35.8 Å². The van der Waals surface area contributed by atoms with Gasteiger partial charge >= 0.3 is 0 Å². The number of nitrogens with two attached hydrogens (primary N) is 1. The number of anilines is 1. The number of halogens is 1. The number of ether oxygens (including phenoxy) is 1. The average molecular weight is 469 g/mol. The highest BCUT2D eigenvalue weighted by Crippen LogP contribution is 2.24. The molecule has 0 spiro atoms. The van der Waals surface area contributed by atoms with Gasteiger partial charge in [-0.25, -0.2) is 0 Å². The Morgan fingerprint density at radius 3 is 2.41 bits per heavy atom. The first-order chi connectivity index (χ1) is 15.4. The van der Waals surface area contributed by atoms with Gasteiger partial charge in [0, 0.05) is 31.2 Å². The zero-order valence-electron chi connectivity index (χ0n) is 19.5. The van der Waals surface area contributed by atoms with Gasteiger partial charge in [0.05, 0.1) is 29.5 Å². The number of aldehydes is 1. The summed E-state index contributed by atoms with van der Waals surface area (Å²) in [5, 5.41) is 9.60. The molecule has 1 aliphatic rings. The number of carbonyl (C=O) groups is 2. The van der Waals surface area contributed by atoms with E-state index in [-0.39, 0.29) is 5.91 Å². The molecule has 0 aliphatic carbocycles. The molecule has 0 bridgehead atoms. The maximum Gasteiger partial charge on any atom is 0.256 e. The number of carbonyl (C=O) groups excluding carboxylic acids is 2. The first-order valence-electron chi connectivity index (χ1n) is 10.6. The van der Waals surface area contributed by atoms with Crippen LogP contribution in [0, 0.1) is 0 Å². The third-order valence-corrected chi connectivity index (χ3v) is 4.31. The molecule has 1 heterocycles. The number of benzene rings is 1. The molecular weight excluding hydrogens is 432 g/mol. The molecule has 0 radical (unpaired) electrons. The Bertz CT molecular complexity index is 714. The number of nitrogens with one attached hydrogen (secondary N) is 3. The summed E-state index contributed by atoms with van der Waals surface area (Å²) in [7, 11) is 1.93. The van der Waals surface area contributed by atoms with Crippen molar-refractivity contribution < 1.29 is 14.3 Å². The maximum absolute atomic E-state index is 12.1. The van der Waals surface area contributed by atoms with Crippen LogP contribution >= 0.6 is 11.6 Å². The number of rotatable bonds is 8.